The van der Waals surface area contributed by atoms with E-state index < -0.39 is 0 Å². The molecule has 0 saturated heterocycles. The molecular weight excluding hydrogens is 172 g/mol. The van der Waals surface area contributed by atoms with E-state index in [2.05, 4.69) is 0 Å². The Morgan fingerprint density at radius 2 is 2.00 bits per heavy atom. The van der Waals surface area contributed by atoms with Crippen molar-refractivity contribution in [2.24, 2.45) is 23.2 Å². The van der Waals surface area contributed by atoms with Gasteiger partial charge in [0, 0.05) is 5.41 Å². The Kier molecular flexibility index (Phi) is 1.27. The number of carbonyl (C=O) groups is 1. The lowest BCUT2D eigenvalue weighted by atomic mass is 9.61. The number of carbonyl (C=O) groups excluding carboxylic acids is 1. The van der Waals surface area contributed by atoms with E-state index in [1.165, 1.54) is 19.3 Å². The lowest BCUT2D eigenvalue weighted by Gasteiger charge is -2.43. The second-order valence-corrected chi connectivity index (χ2v) is 5.12. The molecule has 0 heterocycles. The third kappa shape index (κ3) is 0.693. The molecule has 2 atom stereocenters. The monoisotopic (exact) mass is 184 g/mol. The maximum Gasteiger partial charge on any atom is 0.228 e. The van der Waals surface area contributed by atoms with Crippen molar-refractivity contribution in [1.82, 2.24) is 0 Å². The Morgan fingerprint density at radius 1 is 1.33 bits per heavy atom. The van der Waals surface area contributed by atoms with Crippen LogP contribution in [0.4, 0.5) is 0 Å². The highest BCUT2D eigenvalue weighted by atomic mass is 35.5. The maximum atomic E-state index is 11.4. The summed E-state index contributed by atoms with van der Waals surface area (Å²) in [4.78, 5) is 11.4. The molecular formula is C10H13ClO. The third-order valence-corrected chi connectivity index (χ3v) is 4.85. The molecule has 12 heavy (non-hydrogen) atoms. The molecule has 0 amide bonds. The molecule has 0 aliphatic heterocycles. The Labute approximate surface area is 77.5 Å². The Bertz CT molecular complexity index is 240. The van der Waals surface area contributed by atoms with Gasteiger partial charge in [0.25, 0.3) is 0 Å². The fourth-order valence-electron chi connectivity index (χ4n) is 3.67. The van der Waals surface area contributed by atoms with Crippen LogP contribution in [-0.4, -0.2) is 5.24 Å². The number of rotatable bonds is 1. The van der Waals surface area contributed by atoms with Gasteiger partial charge in [-0.05, 0) is 61.5 Å². The van der Waals surface area contributed by atoms with Gasteiger partial charge in [-0.25, -0.2) is 0 Å². The molecule has 4 saturated carbocycles. The lowest BCUT2D eigenvalue weighted by molar-refractivity contribution is -0.127. The molecule has 0 aromatic carbocycles. The molecule has 0 spiro atoms. The normalized spacial score (nSPS) is 54.9. The average molecular weight is 185 g/mol. The molecule has 2 heteroatoms. The zero-order valence-corrected chi connectivity index (χ0v) is 7.81. The van der Waals surface area contributed by atoms with E-state index in [4.69, 9.17) is 11.6 Å². The van der Waals surface area contributed by atoms with E-state index in [0.717, 1.165) is 24.7 Å². The summed E-state index contributed by atoms with van der Waals surface area (Å²) in [5, 5.41) is -0.0341. The van der Waals surface area contributed by atoms with Gasteiger partial charge in [-0.15, -0.1) is 0 Å². The summed E-state index contributed by atoms with van der Waals surface area (Å²) in [7, 11) is 0. The van der Waals surface area contributed by atoms with Gasteiger partial charge in [0.2, 0.25) is 5.24 Å². The van der Waals surface area contributed by atoms with Crippen LogP contribution in [0, 0.1) is 23.2 Å². The first-order valence-corrected chi connectivity index (χ1v) is 5.32. The highest BCUT2D eigenvalue weighted by molar-refractivity contribution is 6.64. The van der Waals surface area contributed by atoms with Crippen LogP contribution in [0.1, 0.15) is 32.1 Å². The molecule has 4 rings (SSSR count). The van der Waals surface area contributed by atoms with Gasteiger partial charge >= 0.3 is 0 Å². The zero-order valence-electron chi connectivity index (χ0n) is 7.05. The predicted octanol–water partition coefficient (Wildman–Crippen LogP) is 2.58. The van der Waals surface area contributed by atoms with Crippen molar-refractivity contribution in [3.05, 3.63) is 0 Å². The van der Waals surface area contributed by atoms with Crippen LogP contribution in [0.15, 0.2) is 0 Å². The van der Waals surface area contributed by atoms with Gasteiger partial charge in [-0.2, -0.15) is 0 Å². The molecule has 1 nitrogen and oxygen atoms in total. The van der Waals surface area contributed by atoms with Crippen molar-refractivity contribution >= 4 is 16.8 Å². The van der Waals surface area contributed by atoms with Crippen molar-refractivity contribution in [3.8, 4) is 0 Å². The van der Waals surface area contributed by atoms with Crippen molar-refractivity contribution in [3.63, 3.8) is 0 Å². The molecule has 0 aromatic rings. The fourth-order valence-corrected chi connectivity index (χ4v) is 4.00. The first kappa shape index (κ1) is 7.37. The van der Waals surface area contributed by atoms with Gasteiger partial charge in [-0.1, -0.05) is 0 Å². The molecule has 0 radical (unpaired) electrons. The van der Waals surface area contributed by atoms with Gasteiger partial charge < -0.3 is 0 Å². The topological polar surface area (TPSA) is 17.1 Å². The Morgan fingerprint density at radius 3 is 2.50 bits per heavy atom. The van der Waals surface area contributed by atoms with Crippen molar-refractivity contribution in [2.75, 3.05) is 0 Å². The molecule has 0 N–H and O–H groups in total. The van der Waals surface area contributed by atoms with E-state index >= 15 is 0 Å². The summed E-state index contributed by atoms with van der Waals surface area (Å²) in [6.07, 6.45) is 5.99. The minimum Gasteiger partial charge on any atom is -0.281 e. The first-order valence-electron chi connectivity index (χ1n) is 4.94. The summed E-state index contributed by atoms with van der Waals surface area (Å²) in [5.74, 6) is 2.53. The molecule has 4 aliphatic rings. The lowest BCUT2D eigenvalue weighted by Crippen LogP contribution is -2.40. The molecule has 4 fully saturated rings. The van der Waals surface area contributed by atoms with E-state index in [-0.39, 0.29) is 10.7 Å². The maximum absolute atomic E-state index is 11.4. The van der Waals surface area contributed by atoms with Crippen LogP contribution in [-0.2, 0) is 4.79 Å². The highest BCUT2D eigenvalue weighted by Gasteiger charge is 2.64. The molecule has 4 aliphatic carbocycles. The SMILES string of the molecule is O=C(Cl)C12CCC(CC1)C1CC12. The van der Waals surface area contributed by atoms with Gasteiger partial charge in [0.05, 0.1) is 0 Å². The van der Waals surface area contributed by atoms with E-state index in [1.54, 1.807) is 0 Å². The summed E-state index contributed by atoms with van der Waals surface area (Å²) >= 11 is 5.72. The average Bonchev–Trinajstić information content (AvgIpc) is 2.85. The number of fused-ring (bicyclic) bond motifs is 2. The van der Waals surface area contributed by atoms with E-state index in [9.17, 15) is 4.79 Å². The van der Waals surface area contributed by atoms with Crippen LogP contribution < -0.4 is 0 Å². The first-order chi connectivity index (χ1) is 5.74. The zero-order chi connectivity index (χ0) is 8.34. The van der Waals surface area contributed by atoms with E-state index in [1.807, 2.05) is 0 Å². The van der Waals surface area contributed by atoms with Crippen molar-refractivity contribution in [1.29, 1.82) is 0 Å². The smallest absolute Gasteiger partial charge is 0.228 e. The molecule has 0 aromatic heterocycles. The highest BCUT2D eigenvalue weighted by Crippen LogP contribution is 2.68. The Balaban J connectivity index is 1.99. The molecule has 2 unspecified atom stereocenters. The Hall–Kier alpha value is -0.0400. The number of hydrogen-bond acceptors (Lipinski definition) is 1. The predicted molar refractivity (Wildman–Crippen MR) is 46.8 cm³/mol. The largest absolute Gasteiger partial charge is 0.281 e. The number of halogens is 1. The quantitative estimate of drug-likeness (QED) is 0.573. The van der Waals surface area contributed by atoms with Crippen LogP contribution in [0.5, 0.6) is 0 Å². The van der Waals surface area contributed by atoms with Gasteiger partial charge in [0.1, 0.15) is 0 Å². The van der Waals surface area contributed by atoms with Crippen LogP contribution in [0.3, 0.4) is 0 Å². The fraction of sp³-hybridized carbons (Fsp3) is 0.900. The summed E-state index contributed by atoms with van der Waals surface area (Å²) < 4.78 is 0. The second-order valence-electron chi connectivity index (χ2n) is 4.77. The summed E-state index contributed by atoms with van der Waals surface area (Å²) in [6.45, 7) is 0. The minimum absolute atomic E-state index is 0.0341. The van der Waals surface area contributed by atoms with Crippen LogP contribution in [0.25, 0.3) is 0 Å². The molecule has 2 bridgehead atoms. The summed E-state index contributed by atoms with van der Waals surface area (Å²) in [5.41, 5.74) is -0.0546. The summed E-state index contributed by atoms with van der Waals surface area (Å²) in [6, 6.07) is 0. The van der Waals surface area contributed by atoms with Gasteiger partial charge in [-0.3, -0.25) is 4.79 Å². The van der Waals surface area contributed by atoms with Crippen LogP contribution in [0.2, 0.25) is 0 Å². The second kappa shape index (κ2) is 2.06. The van der Waals surface area contributed by atoms with Gasteiger partial charge in [0.15, 0.2) is 0 Å². The standard InChI is InChI=1S/C10H13ClO/c11-9(12)10-3-1-6(2-4-10)7-5-8(7)10/h6-8H,1-5H2. The van der Waals surface area contributed by atoms with E-state index in [0.29, 0.717) is 5.92 Å². The van der Waals surface area contributed by atoms with Crippen LogP contribution >= 0.6 is 11.6 Å². The molecule has 66 valence electrons. The van der Waals surface area contributed by atoms with Crippen molar-refractivity contribution < 1.29 is 4.79 Å². The third-order valence-electron chi connectivity index (χ3n) is 4.47. The number of hydrogen-bond donors (Lipinski definition) is 0. The minimum atomic E-state index is -0.0546. The van der Waals surface area contributed by atoms with Crippen molar-refractivity contribution in [2.45, 2.75) is 32.1 Å².